The van der Waals surface area contributed by atoms with Crippen LogP contribution in [0.5, 0.6) is 0 Å². The molecule has 2 N–H and O–H groups in total. The minimum Gasteiger partial charge on any atom is -0.354 e. The number of aromatic nitrogens is 2. The SMILES string of the molecule is CCCCNc1ncc(C(=O)Nc2ccc(F)c(F)c2F)cn1. The van der Waals surface area contributed by atoms with E-state index in [9.17, 15) is 18.0 Å². The number of hydrogen-bond donors (Lipinski definition) is 2. The van der Waals surface area contributed by atoms with Gasteiger partial charge in [-0.1, -0.05) is 13.3 Å². The van der Waals surface area contributed by atoms with Gasteiger partial charge in [-0.3, -0.25) is 4.79 Å². The van der Waals surface area contributed by atoms with Crippen molar-refractivity contribution in [1.29, 1.82) is 0 Å². The average molecular weight is 324 g/mol. The third kappa shape index (κ3) is 4.18. The maximum atomic E-state index is 13.5. The van der Waals surface area contributed by atoms with Crippen molar-refractivity contribution in [3.8, 4) is 0 Å². The van der Waals surface area contributed by atoms with E-state index in [1.54, 1.807) is 0 Å². The van der Waals surface area contributed by atoms with Crippen LogP contribution >= 0.6 is 0 Å². The molecular weight excluding hydrogens is 309 g/mol. The highest BCUT2D eigenvalue weighted by Crippen LogP contribution is 2.20. The van der Waals surface area contributed by atoms with E-state index in [-0.39, 0.29) is 5.56 Å². The van der Waals surface area contributed by atoms with Crippen LogP contribution in [0.25, 0.3) is 0 Å². The molecule has 0 saturated carbocycles. The van der Waals surface area contributed by atoms with Gasteiger partial charge in [0.2, 0.25) is 5.95 Å². The van der Waals surface area contributed by atoms with E-state index in [0.29, 0.717) is 12.5 Å². The van der Waals surface area contributed by atoms with Crippen molar-refractivity contribution in [2.45, 2.75) is 19.8 Å². The van der Waals surface area contributed by atoms with Crippen LogP contribution in [-0.4, -0.2) is 22.4 Å². The maximum absolute atomic E-state index is 13.5. The molecule has 0 aliphatic rings. The van der Waals surface area contributed by atoms with Gasteiger partial charge < -0.3 is 10.6 Å². The fraction of sp³-hybridized carbons (Fsp3) is 0.267. The lowest BCUT2D eigenvalue weighted by atomic mass is 10.2. The lowest BCUT2D eigenvalue weighted by Crippen LogP contribution is -2.15. The van der Waals surface area contributed by atoms with Gasteiger partial charge in [0.15, 0.2) is 17.5 Å². The Hall–Kier alpha value is -2.64. The second-order valence-electron chi connectivity index (χ2n) is 4.75. The molecule has 8 heteroatoms. The number of anilines is 2. The fourth-order valence-electron chi connectivity index (χ4n) is 1.73. The van der Waals surface area contributed by atoms with Crippen LogP contribution in [0.15, 0.2) is 24.5 Å². The van der Waals surface area contributed by atoms with Crippen LogP contribution < -0.4 is 10.6 Å². The molecule has 0 unspecified atom stereocenters. The van der Waals surface area contributed by atoms with Gasteiger partial charge in [0, 0.05) is 18.9 Å². The number of nitrogens with zero attached hydrogens (tertiary/aromatic N) is 2. The molecule has 5 nitrogen and oxygen atoms in total. The molecule has 0 saturated heterocycles. The average Bonchev–Trinajstić information content (AvgIpc) is 2.56. The molecule has 2 rings (SSSR count). The van der Waals surface area contributed by atoms with Crippen LogP contribution in [-0.2, 0) is 0 Å². The van der Waals surface area contributed by atoms with Crippen molar-refractivity contribution >= 4 is 17.5 Å². The van der Waals surface area contributed by atoms with Gasteiger partial charge in [0.1, 0.15) is 0 Å². The van der Waals surface area contributed by atoms with Gasteiger partial charge >= 0.3 is 0 Å². The van der Waals surface area contributed by atoms with E-state index >= 15 is 0 Å². The Kier molecular flexibility index (Phi) is 5.51. The normalized spacial score (nSPS) is 10.4. The van der Waals surface area contributed by atoms with Crippen LogP contribution in [0.1, 0.15) is 30.1 Å². The molecule has 1 amide bonds. The number of hydrogen-bond acceptors (Lipinski definition) is 4. The van der Waals surface area contributed by atoms with E-state index in [2.05, 4.69) is 20.6 Å². The highest BCUT2D eigenvalue weighted by atomic mass is 19.2. The Morgan fingerprint density at radius 2 is 1.83 bits per heavy atom. The number of amides is 1. The molecule has 1 aromatic carbocycles. The Balaban J connectivity index is 2.05. The van der Waals surface area contributed by atoms with Gasteiger partial charge in [-0.05, 0) is 18.6 Å². The summed E-state index contributed by atoms with van der Waals surface area (Å²) in [4.78, 5) is 19.9. The van der Waals surface area contributed by atoms with Gasteiger partial charge in [-0.2, -0.15) is 0 Å². The molecule has 0 aliphatic carbocycles. The number of carbonyl (C=O) groups excluding carboxylic acids is 1. The van der Waals surface area contributed by atoms with Crippen molar-refractivity contribution in [3.63, 3.8) is 0 Å². The lowest BCUT2D eigenvalue weighted by molar-refractivity contribution is 0.102. The largest absolute Gasteiger partial charge is 0.354 e. The van der Waals surface area contributed by atoms with Crippen molar-refractivity contribution in [3.05, 3.63) is 47.5 Å². The Labute approximate surface area is 131 Å². The molecule has 122 valence electrons. The van der Waals surface area contributed by atoms with E-state index in [4.69, 9.17) is 0 Å². The topological polar surface area (TPSA) is 66.9 Å². The highest BCUT2D eigenvalue weighted by molar-refractivity contribution is 6.03. The quantitative estimate of drug-likeness (QED) is 0.631. The second kappa shape index (κ2) is 7.57. The highest BCUT2D eigenvalue weighted by Gasteiger charge is 2.16. The Morgan fingerprint density at radius 1 is 1.13 bits per heavy atom. The monoisotopic (exact) mass is 324 g/mol. The summed E-state index contributed by atoms with van der Waals surface area (Å²) in [6.45, 7) is 2.76. The van der Waals surface area contributed by atoms with Crippen molar-refractivity contribution in [2.24, 2.45) is 0 Å². The predicted octanol–water partition coefficient (Wildman–Crippen LogP) is 3.36. The molecule has 23 heavy (non-hydrogen) atoms. The van der Waals surface area contributed by atoms with Gasteiger partial charge in [-0.25, -0.2) is 23.1 Å². The van der Waals surface area contributed by atoms with Gasteiger partial charge in [0.05, 0.1) is 11.3 Å². The minimum absolute atomic E-state index is 0.0650. The summed E-state index contributed by atoms with van der Waals surface area (Å²) in [5, 5.41) is 5.12. The zero-order valence-electron chi connectivity index (χ0n) is 12.4. The molecule has 0 fully saturated rings. The van der Waals surface area contributed by atoms with Crippen molar-refractivity contribution < 1.29 is 18.0 Å². The molecular formula is C15H15F3N4O. The number of carbonyl (C=O) groups is 1. The smallest absolute Gasteiger partial charge is 0.258 e. The molecule has 1 heterocycles. The molecule has 1 aromatic heterocycles. The standard InChI is InChI=1S/C15H15F3N4O/c1-2-3-6-19-15-20-7-9(8-21-15)14(23)22-11-5-4-10(16)12(17)13(11)18/h4-5,7-8H,2-3,6H2,1H3,(H,22,23)(H,19,20,21). The summed E-state index contributed by atoms with van der Waals surface area (Å²) in [5.74, 6) is -4.79. The summed E-state index contributed by atoms with van der Waals surface area (Å²) in [7, 11) is 0. The zero-order valence-corrected chi connectivity index (χ0v) is 12.4. The predicted molar refractivity (Wildman–Crippen MR) is 79.7 cm³/mol. The molecule has 2 aromatic rings. The molecule has 0 spiro atoms. The number of halogens is 3. The summed E-state index contributed by atoms with van der Waals surface area (Å²) >= 11 is 0. The minimum atomic E-state index is -1.64. The first-order chi connectivity index (χ1) is 11.0. The third-order valence-corrected chi connectivity index (χ3v) is 3.01. The van der Waals surface area contributed by atoms with E-state index < -0.39 is 29.0 Å². The molecule has 0 atom stereocenters. The summed E-state index contributed by atoms with van der Waals surface area (Å²) in [6, 6.07) is 1.67. The van der Waals surface area contributed by atoms with Crippen LogP contribution in [0.4, 0.5) is 24.8 Å². The van der Waals surface area contributed by atoms with Gasteiger partial charge in [-0.15, -0.1) is 0 Å². The number of benzene rings is 1. The molecule has 0 aliphatic heterocycles. The summed E-state index contributed by atoms with van der Waals surface area (Å²) in [5.41, 5.74) is -0.394. The maximum Gasteiger partial charge on any atom is 0.258 e. The van der Waals surface area contributed by atoms with Crippen LogP contribution in [0.2, 0.25) is 0 Å². The van der Waals surface area contributed by atoms with Crippen molar-refractivity contribution in [2.75, 3.05) is 17.2 Å². The van der Waals surface area contributed by atoms with Gasteiger partial charge in [0.25, 0.3) is 5.91 Å². The first-order valence-electron chi connectivity index (χ1n) is 7.03. The number of nitrogens with one attached hydrogen (secondary N) is 2. The first-order valence-corrected chi connectivity index (χ1v) is 7.03. The Bertz CT molecular complexity index is 692. The fourth-order valence-corrected chi connectivity index (χ4v) is 1.73. The van der Waals surface area contributed by atoms with Crippen molar-refractivity contribution in [1.82, 2.24) is 9.97 Å². The van der Waals surface area contributed by atoms with Crippen LogP contribution in [0, 0.1) is 17.5 Å². The third-order valence-electron chi connectivity index (χ3n) is 3.01. The zero-order chi connectivity index (χ0) is 16.8. The van der Waals surface area contributed by atoms with E-state index in [1.165, 1.54) is 12.4 Å². The summed E-state index contributed by atoms with van der Waals surface area (Å²) < 4.78 is 39.5. The van der Waals surface area contributed by atoms with E-state index in [1.807, 2.05) is 6.92 Å². The number of rotatable bonds is 6. The Morgan fingerprint density at radius 3 is 2.48 bits per heavy atom. The summed E-state index contributed by atoms with van der Waals surface area (Å²) in [6.07, 6.45) is 4.50. The van der Waals surface area contributed by atoms with E-state index in [0.717, 1.165) is 25.0 Å². The second-order valence-corrected chi connectivity index (χ2v) is 4.75. The van der Waals surface area contributed by atoms with Crippen LogP contribution in [0.3, 0.4) is 0 Å². The number of unbranched alkanes of at least 4 members (excludes halogenated alkanes) is 1. The molecule has 0 bridgehead atoms. The lowest BCUT2D eigenvalue weighted by Gasteiger charge is -2.08. The molecule has 0 radical (unpaired) electrons. The first kappa shape index (κ1) is 16.7.